The number of fused-ring (bicyclic) bond motifs is 1. The standard InChI is InChI=1S/C30H28F3N5O4S2/c1-41-27-14-24-22(13-21(27)25-17-43-28(38-25)15-34-10-11-44(2,39)40)29(36-18-35-24)37-20-8-9-26(23(12-20)30(31,32)33)42-16-19-6-4-3-5-7-19/h3-9,12-14,17-18,34H,10-11,15-16H2,1-2H3,(H,35,36,37). The third kappa shape index (κ3) is 7.81. The van der Waals surface area contributed by atoms with Crippen molar-refractivity contribution >= 4 is 43.6 Å². The van der Waals surface area contributed by atoms with Crippen LogP contribution >= 0.6 is 11.3 Å². The average molecular weight is 644 g/mol. The first-order valence-electron chi connectivity index (χ1n) is 13.3. The number of hydrogen-bond donors (Lipinski definition) is 2. The molecule has 0 unspecified atom stereocenters. The molecular weight excluding hydrogens is 615 g/mol. The molecule has 0 radical (unpaired) electrons. The van der Waals surface area contributed by atoms with Gasteiger partial charge in [-0.1, -0.05) is 30.3 Å². The molecule has 2 N–H and O–H groups in total. The fourth-order valence-corrected chi connectivity index (χ4v) is 5.63. The molecule has 0 spiro atoms. The fourth-order valence-electron chi connectivity index (χ4n) is 4.35. The van der Waals surface area contributed by atoms with Gasteiger partial charge in [-0.25, -0.2) is 23.4 Å². The number of rotatable bonds is 12. The molecule has 3 aromatic carbocycles. The maximum absolute atomic E-state index is 14.0. The van der Waals surface area contributed by atoms with Gasteiger partial charge in [0.25, 0.3) is 0 Å². The minimum absolute atomic E-state index is 0.00705. The van der Waals surface area contributed by atoms with E-state index in [0.717, 1.165) is 16.6 Å². The highest BCUT2D eigenvalue weighted by Crippen LogP contribution is 2.40. The molecule has 230 valence electrons. The van der Waals surface area contributed by atoms with Gasteiger partial charge in [-0.05, 0) is 29.8 Å². The number of nitrogens with one attached hydrogen (secondary N) is 2. The molecule has 2 heterocycles. The van der Waals surface area contributed by atoms with E-state index in [9.17, 15) is 21.6 Å². The van der Waals surface area contributed by atoms with Crippen molar-refractivity contribution < 1.29 is 31.1 Å². The first kappa shape index (κ1) is 31.2. The Morgan fingerprint density at radius 2 is 1.80 bits per heavy atom. The van der Waals surface area contributed by atoms with Crippen molar-refractivity contribution in [3.63, 3.8) is 0 Å². The van der Waals surface area contributed by atoms with Crippen molar-refractivity contribution in [2.75, 3.05) is 31.0 Å². The quantitative estimate of drug-likeness (QED) is 0.153. The summed E-state index contributed by atoms with van der Waals surface area (Å²) in [4.78, 5) is 13.3. The fraction of sp³-hybridized carbons (Fsp3) is 0.233. The van der Waals surface area contributed by atoms with E-state index in [1.165, 1.54) is 43.2 Å². The van der Waals surface area contributed by atoms with E-state index in [1.54, 1.807) is 36.4 Å². The van der Waals surface area contributed by atoms with Crippen molar-refractivity contribution in [2.45, 2.75) is 19.3 Å². The number of halogens is 3. The first-order chi connectivity index (χ1) is 21.0. The monoisotopic (exact) mass is 643 g/mol. The summed E-state index contributed by atoms with van der Waals surface area (Å²) in [6.07, 6.45) is -2.16. The summed E-state index contributed by atoms with van der Waals surface area (Å²) < 4.78 is 76.0. The zero-order valence-corrected chi connectivity index (χ0v) is 25.3. The van der Waals surface area contributed by atoms with Gasteiger partial charge in [0.2, 0.25) is 0 Å². The molecule has 0 saturated heterocycles. The van der Waals surface area contributed by atoms with Crippen LogP contribution in [0.25, 0.3) is 22.2 Å². The van der Waals surface area contributed by atoms with Crippen molar-refractivity contribution in [1.82, 2.24) is 20.3 Å². The molecule has 9 nitrogen and oxygen atoms in total. The summed E-state index contributed by atoms with van der Waals surface area (Å²) in [7, 11) is -1.55. The summed E-state index contributed by atoms with van der Waals surface area (Å²) in [5.74, 6) is 0.538. The summed E-state index contributed by atoms with van der Waals surface area (Å²) in [5, 5.41) is 9.21. The van der Waals surface area contributed by atoms with Crippen LogP contribution in [0.1, 0.15) is 16.1 Å². The number of nitrogens with zero attached hydrogens (tertiary/aromatic N) is 3. The zero-order chi connectivity index (χ0) is 31.3. The second-order valence-electron chi connectivity index (χ2n) is 9.83. The van der Waals surface area contributed by atoms with Gasteiger partial charge in [-0.2, -0.15) is 13.2 Å². The highest BCUT2D eigenvalue weighted by molar-refractivity contribution is 7.90. The highest BCUT2D eigenvalue weighted by Gasteiger charge is 2.35. The first-order valence-corrected chi connectivity index (χ1v) is 16.2. The molecular formula is C30H28F3N5O4S2. The van der Waals surface area contributed by atoms with Gasteiger partial charge in [0.05, 0.1) is 29.6 Å². The predicted octanol–water partition coefficient (Wildman–Crippen LogP) is 6.24. The third-order valence-electron chi connectivity index (χ3n) is 6.50. The minimum atomic E-state index is -4.65. The average Bonchev–Trinajstić information content (AvgIpc) is 3.46. The van der Waals surface area contributed by atoms with Gasteiger partial charge < -0.3 is 20.1 Å². The van der Waals surface area contributed by atoms with E-state index in [2.05, 4.69) is 25.6 Å². The summed E-state index contributed by atoms with van der Waals surface area (Å²) in [6.45, 7) is 0.682. The van der Waals surface area contributed by atoms with E-state index >= 15 is 0 Å². The molecule has 0 fully saturated rings. The number of methoxy groups -OCH3 is 1. The van der Waals surface area contributed by atoms with E-state index in [4.69, 9.17) is 9.47 Å². The lowest BCUT2D eigenvalue weighted by atomic mass is 10.1. The Kier molecular flexibility index (Phi) is 9.32. The highest BCUT2D eigenvalue weighted by atomic mass is 32.2. The van der Waals surface area contributed by atoms with Crippen molar-refractivity contribution in [1.29, 1.82) is 0 Å². The van der Waals surface area contributed by atoms with Crippen LogP contribution in [0.2, 0.25) is 0 Å². The van der Waals surface area contributed by atoms with Crippen LogP contribution in [0.3, 0.4) is 0 Å². The SMILES string of the molecule is COc1cc2ncnc(Nc3ccc(OCc4ccccc4)c(C(F)(F)F)c3)c2cc1-c1csc(CNCCS(C)(=O)=O)n1. The van der Waals surface area contributed by atoms with E-state index in [0.29, 0.717) is 46.8 Å². The number of aromatic nitrogens is 3. The second kappa shape index (κ2) is 13.2. The van der Waals surface area contributed by atoms with Crippen molar-refractivity contribution in [3.8, 4) is 22.8 Å². The minimum Gasteiger partial charge on any atom is -0.496 e. The molecule has 5 aromatic rings. The van der Waals surface area contributed by atoms with Crippen LogP contribution in [-0.2, 0) is 29.2 Å². The number of thiazole rings is 1. The van der Waals surface area contributed by atoms with E-state index in [1.807, 2.05) is 11.4 Å². The molecule has 0 aliphatic heterocycles. The lowest BCUT2D eigenvalue weighted by Gasteiger charge is -2.17. The Hall–Kier alpha value is -4.27. The van der Waals surface area contributed by atoms with Crippen LogP contribution in [0.15, 0.2) is 72.4 Å². The van der Waals surface area contributed by atoms with Gasteiger partial charge in [0.15, 0.2) is 0 Å². The largest absolute Gasteiger partial charge is 0.496 e. The number of hydrogen-bond acceptors (Lipinski definition) is 10. The Balaban J connectivity index is 1.41. The predicted molar refractivity (Wildman–Crippen MR) is 164 cm³/mol. The molecule has 0 aliphatic carbocycles. The molecule has 0 saturated carbocycles. The summed E-state index contributed by atoms with van der Waals surface area (Å²) >= 11 is 1.40. The number of alkyl halides is 3. The maximum Gasteiger partial charge on any atom is 0.420 e. The van der Waals surface area contributed by atoms with Crippen LogP contribution < -0.4 is 20.1 Å². The summed E-state index contributed by atoms with van der Waals surface area (Å²) in [6, 6.07) is 16.2. The molecule has 0 bridgehead atoms. The smallest absolute Gasteiger partial charge is 0.420 e. The topological polar surface area (TPSA) is 115 Å². The van der Waals surface area contributed by atoms with Gasteiger partial charge in [0, 0.05) is 47.4 Å². The van der Waals surface area contributed by atoms with Gasteiger partial charge >= 0.3 is 6.18 Å². The van der Waals surface area contributed by atoms with Crippen LogP contribution in [0, 0.1) is 0 Å². The molecule has 44 heavy (non-hydrogen) atoms. The van der Waals surface area contributed by atoms with Gasteiger partial charge in [-0.3, -0.25) is 0 Å². The lowest BCUT2D eigenvalue weighted by molar-refractivity contribution is -0.139. The third-order valence-corrected chi connectivity index (χ3v) is 8.29. The number of sulfone groups is 1. The molecule has 2 aromatic heterocycles. The van der Waals surface area contributed by atoms with Crippen molar-refractivity contribution in [2.24, 2.45) is 0 Å². The normalized spacial score (nSPS) is 11.9. The number of anilines is 2. The Bertz CT molecular complexity index is 1870. The maximum atomic E-state index is 14.0. The Morgan fingerprint density at radius 3 is 2.52 bits per heavy atom. The molecule has 5 rings (SSSR count). The second-order valence-corrected chi connectivity index (χ2v) is 13.0. The molecule has 14 heteroatoms. The van der Waals surface area contributed by atoms with Gasteiger partial charge in [-0.15, -0.1) is 11.3 Å². The molecule has 0 aliphatic rings. The van der Waals surface area contributed by atoms with Crippen LogP contribution in [0.5, 0.6) is 11.5 Å². The Morgan fingerprint density at radius 1 is 1.00 bits per heavy atom. The number of ether oxygens (including phenoxy) is 2. The summed E-state index contributed by atoms with van der Waals surface area (Å²) in [5.41, 5.74) is 1.76. The van der Waals surface area contributed by atoms with E-state index < -0.39 is 21.6 Å². The van der Waals surface area contributed by atoms with E-state index in [-0.39, 0.29) is 23.8 Å². The van der Waals surface area contributed by atoms with Gasteiger partial charge in [0.1, 0.15) is 45.1 Å². The molecule has 0 amide bonds. The number of benzene rings is 3. The zero-order valence-electron chi connectivity index (χ0n) is 23.7. The van der Waals surface area contributed by atoms with Crippen LogP contribution in [0.4, 0.5) is 24.7 Å². The molecule has 0 atom stereocenters. The Labute approximate surface area is 256 Å². The van der Waals surface area contributed by atoms with Crippen molar-refractivity contribution in [3.05, 3.63) is 88.5 Å². The lowest BCUT2D eigenvalue weighted by Crippen LogP contribution is -2.21. The van der Waals surface area contributed by atoms with Crippen LogP contribution in [-0.4, -0.2) is 49.0 Å².